The first kappa shape index (κ1) is 18.6. The van der Waals surface area contributed by atoms with E-state index in [1.807, 2.05) is 12.3 Å². The molecule has 0 spiro atoms. The summed E-state index contributed by atoms with van der Waals surface area (Å²) in [5.74, 6) is 0.133. The number of nitrogens with two attached hydrogens (primary N) is 1. The van der Waals surface area contributed by atoms with Crippen molar-refractivity contribution in [2.45, 2.75) is 38.6 Å². The summed E-state index contributed by atoms with van der Waals surface area (Å²) in [5.41, 5.74) is 6.95. The van der Waals surface area contributed by atoms with Crippen molar-refractivity contribution in [3.8, 4) is 0 Å². The van der Waals surface area contributed by atoms with Crippen molar-refractivity contribution in [3.05, 3.63) is 16.1 Å². The second-order valence-corrected chi connectivity index (χ2v) is 5.66. The van der Waals surface area contributed by atoms with Gasteiger partial charge in [0, 0.05) is 24.4 Å². The maximum Gasteiger partial charge on any atom is 0.224 e. The van der Waals surface area contributed by atoms with Crippen LogP contribution in [-0.2, 0) is 11.2 Å². The molecule has 110 valence electrons. The Morgan fingerprint density at radius 2 is 2.26 bits per heavy atom. The fraction of sp³-hybridized carbons (Fsp3) is 0.667. The van der Waals surface area contributed by atoms with Crippen molar-refractivity contribution < 1.29 is 4.79 Å². The van der Waals surface area contributed by atoms with E-state index in [2.05, 4.69) is 10.3 Å². The smallest absolute Gasteiger partial charge is 0.224 e. The summed E-state index contributed by atoms with van der Waals surface area (Å²) in [6.07, 6.45) is 3.79. The van der Waals surface area contributed by atoms with Gasteiger partial charge >= 0.3 is 0 Å². The highest BCUT2D eigenvalue weighted by atomic mass is 35.5. The van der Waals surface area contributed by atoms with Gasteiger partial charge in [-0.3, -0.25) is 4.79 Å². The van der Waals surface area contributed by atoms with E-state index in [1.54, 1.807) is 11.3 Å². The maximum absolute atomic E-state index is 11.8. The Balaban J connectivity index is 0.00000162. The molecule has 0 aromatic carbocycles. The second kappa shape index (κ2) is 8.74. The van der Waals surface area contributed by atoms with Crippen molar-refractivity contribution in [3.63, 3.8) is 0 Å². The molecule has 3 N–H and O–H groups in total. The lowest BCUT2D eigenvalue weighted by molar-refractivity contribution is -0.125. The molecule has 4 nitrogen and oxygen atoms in total. The summed E-state index contributed by atoms with van der Waals surface area (Å²) in [4.78, 5) is 16.2. The van der Waals surface area contributed by atoms with Gasteiger partial charge in [-0.15, -0.1) is 36.2 Å². The minimum atomic E-state index is 0. The van der Waals surface area contributed by atoms with Crippen molar-refractivity contribution in [2.24, 2.45) is 11.7 Å². The molecule has 1 aliphatic rings. The molecule has 1 saturated carbocycles. The van der Waals surface area contributed by atoms with E-state index in [0.29, 0.717) is 6.54 Å². The minimum absolute atomic E-state index is 0. The van der Waals surface area contributed by atoms with Crippen molar-refractivity contribution in [2.75, 3.05) is 6.54 Å². The van der Waals surface area contributed by atoms with Crippen molar-refractivity contribution >= 4 is 42.1 Å². The monoisotopic (exact) mass is 325 g/mol. The van der Waals surface area contributed by atoms with Gasteiger partial charge in [-0.25, -0.2) is 4.98 Å². The molecular weight excluding hydrogens is 305 g/mol. The Kier molecular flexibility index (Phi) is 8.57. The Labute approximate surface area is 130 Å². The molecule has 2 atom stereocenters. The normalized spacial score (nSPS) is 21.4. The molecule has 19 heavy (non-hydrogen) atoms. The predicted octanol–water partition coefficient (Wildman–Crippen LogP) is 2.08. The number of halogens is 2. The fourth-order valence-electron chi connectivity index (χ4n) is 2.28. The molecule has 0 aliphatic heterocycles. The van der Waals surface area contributed by atoms with Crippen LogP contribution in [0.25, 0.3) is 0 Å². The molecule has 7 heteroatoms. The van der Waals surface area contributed by atoms with Gasteiger partial charge in [-0.1, -0.05) is 6.42 Å². The van der Waals surface area contributed by atoms with Gasteiger partial charge in [0.05, 0.1) is 16.6 Å². The van der Waals surface area contributed by atoms with Crippen LogP contribution in [0.4, 0.5) is 0 Å². The molecule has 1 heterocycles. The third-order valence-electron chi connectivity index (χ3n) is 3.25. The molecule has 1 aromatic heterocycles. The van der Waals surface area contributed by atoms with Gasteiger partial charge in [-0.05, 0) is 19.8 Å². The van der Waals surface area contributed by atoms with Crippen molar-refractivity contribution in [1.29, 1.82) is 0 Å². The number of hydrogen-bond acceptors (Lipinski definition) is 4. The Hall–Kier alpha value is -0.360. The zero-order chi connectivity index (χ0) is 12.3. The average molecular weight is 326 g/mol. The van der Waals surface area contributed by atoms with Crippen LogP contribution < -0.4 is 11.1 Å². The van der Waals surface area contributed by atoms with Gasteiger partial charge in [0.2, 0.25) is 5.91 Å². The number of nitrogens with zero attached hydrogens (tertiary/aromatic N) is 1. The fourth-order valence-corrected chi connectivity index (χ4v) is 2.93. The van der Waals surface area contributed by atoms with Crippen LogP contribution in [0.3, 0.4) is 0 Å². The molecule has 0 bridgehead atoms. The highest BCUT2D eigenvalue weighted by Gasteiger charge is 2.29. The maximum atomic E-state index is 11.8. The Morgan fingerprint density at radius 3 is 2.79 bits per heavy atom. The van der Waals surface area contributed by atoms with Crippen LogP contribution in [0, 0.1) is 12.8 Å². The summed E-state index contributed by atoms with van der Waals surface area (Å²) in [6.45, 7) is 2.65. The molecule has 2 rings (SSSR count). The molecule has 1 fully saturated rings. The van der Waals surface area contributed by atoms with Crippen LogP contribution in [-0.4, -0.2) is 23.5 Å². The Bertz CT molecular complexity index is 400. The summed E-state index contributed by atoms with van der Waals surface area (Å²) < 4.78 is 0. The molecule has 1 amide bonds. The highest BCUT2D eigenvalue weighted by molar-refractivity contribution is 7.09. The summed E-state index contributed by atoms with van der Waals surface area (Å²) in [7, 11) is 0. The number of amides is 1. The second-order valence-electron chi connectivity index (χ2n) is 4.60. The highest BCUT2D eigenvalue weighted by Crippen LogP contribution is 2.23. The summed E-state index contributed by atoms with van der Waals surface area (Å²) >= 11 is 1.65. The average Bonchev–Trinajstić information content (AvgIpc) is 2.87. The van der Waals surface area contributed by atoms with E-state index >= 15 is 0 Å². The standard InChI is InChI=1S/C12H19N3OS.2ClH/c1-8-15-9(7-17-8)5-6-14-12(16)10-3-2-4-11(10)13;;/h7,10-11H,2-6,13H2,1H3,(H,14,16);2*1H. The third-order valence-corrected chi connectivity index (χ3v) is 4.08. The molecular formula is C12H21Cl2N3OS. The zero-order valence-corrected chi connectivity index (χ0v) is 13.4. The molecule has 1 aliphatic carbocycles. The first-order valence-corrected chi connectivity index (χ1v) is 6.99. The lowest BCUT2D eigenvalue weighted by Gasteiger charge is -2.14. The first-order valence-electron chi connectivity index (χ1n) is 6.11. The van der Waals surface area contributed by atoms with Gasteiger partial charge in [0.15, 0.2) is 0 Å². The third kappa shape index (κ3) is 5.26. The number of aromatic nitrogens is 1. The number of thiazole rings is 1. The number of carbonyl (C=O) groups is 1. The molecule has 2 unspecified atom stereocenters. The van der Waals surface area contributed by atoms with E-state index in [1.165, 1.54) is 0 Å². The van der Waals surface area contributed by atoms with Crippen LogP contribution in [0.15, 0.2) is 5.38 Å². The molecule has 0 radical (unpaired) electrons. The predicted molar refractivity (Wildman–Crippen MR) is 83.4 cm³/mol. The van der Waals surface area contributed by atoms with Crippen LogP contribution in [0.1, 0.15) is 30.0 Å². The largest absolute Gasteiger partial charge is 0.355 e. The van der Waals surface area contributed by atoms with Gasteiger partial charge < -0.3 is 11.1 Å². The number of aryl methyl sites for hydroxylation is 1. The molecule has 1 aromatic rings. The number of carbonyl (C=O) groups excluding carboxylic acids is 1. The number of rotatable bonds is 4. The van der Waals surface area contributed by atoms with E-state index in [4.69, 9.17) is 5.73 Å². The number of hydrogen-bond donors (Lipinski definition) is 2. The molecule has 0 saturated heterocycles. The van der Waals surface area contributed by atoms with Gasteiger partial charge in [0.25, 0.3) is 0 Å². The first-order chi connectivity index (χ1) is 8.16. The quantitative estimate of drug-likeness (QED) is 0.890. The van der Waals surface area contributed by atoms with Crippen LogP contribution in [0.2, 0.25) is 0 Å². The lowest BCUT2D eigenvalue weighted by atomic mass is 10.0. The van der Waals surface area contributed by atoms with E-state index in [9.17, 15) is 4.79 Å². The summed E-state index contributed by atoms with van der Waals surface area (Å²) in [6, 6.07) is 0.0523. The van der Waals surface area contributed by atoms with Gasteiger partial charge in [-0.2, -0.15) is 0 Å². The zero-order valence-electron chi connectivity index (χ0n) is 10.9. The number of nitrogens with one attached hydrogen (secondary N) is 1. The van der Waals surface area contributed by atoms with Crippen LogP contribution in [0.5, 0.6) is 0 Å². The van der Waals surface area contributed by atoms with Crippen molar-refractivity contribution in [1.82, 2.24) is 10.3 Å². The summed E-state index contributed by atoms with van der Waals surface area (Å²) in [5, 5.41) is 6.08. The van der Waals surface area contributed by atoms with E-state index < -0.39 is 0 Å². The minimum Gasteiger partial charge on any atom is -0.355 e. The Morgan fingerprint density at radius 1 is 1.53 bits per heavy atom. The van der Waals surface area contributed by atoms with E-state index in [0.717, 1.165) is 36.4 Å². The van der Waals surface area contributed by atoms with E-state index in [-0.39, 0.29) is 42.7 Å². The van der Waals surface area contributed by atoms with Crippen LogP contribution >= 0.6 is 36.2 Å². The SMILES string of the molecule is Cc1nc(CCNC(=O)C2CCCC2N)cs1.Cl.Cl. The van der Waals surface area contributed by atoms with Gasteiger partial charge in [0.1, 0.15) is 0 Å². The topological polar surface area (TPSA) is 68.0 Å². The lowest BCUT2D eigenvalue weighted by Crippen LogP contribution is -2.39.